The Labute approximate surface area is 115 Å². The molecule has 0 saturated heterocycles. The first kappa shape index (κ1) is 14.9. The minimum Gasteiger partial charge on any atom is -0.451 e. The topological polar surface area (TPSA) is 80.3 Å². The molecule has 2 N–H and O–H groups in total. The molecular weight excluding hydrogens is 266 g/mol. The SMILES string of the molecule is C=CCNC(=O)COC(=O)c1csc(NCC=C)n1. The van der Waals surface area contributed by atoms with E-state index in [1.807, 2.05) is 0 Å². The number of aromatic nitrogens is 1. The number of carbonyl (C=O) groups excluding carboxylic acids is 2. The number of carbonyl (C=O) groups is 2. The summed E-state index contributed by atoms with van der Waals surface area (Å²) in [5, 5.41) is 7.62. The van der Waals surface area contributed by atoms with Gasteiger partial charge in [0.1, 0.15) is 0 Å². The molecular formula is C12H15N3O3S. The molecule has 102 valence electrons. The first-order valence-corrected chi connectivity index (χ1v) is 6.40. The maximum atomic E-state index is 11.6. The number of rotatable bonds is 8. The van der Waals surface area contributed by atoms with Gasteiger partial charge in [-0.15, -0.1) is 24.5 Å². The summed E-state index contributed by atoms with van der Waals surface area (Å²) in [5.74, 6) is -1.01. The number of amides is 1. The summed E-state index contributed by atoms with van der Waals surface area (Å²) in [4.78, 5) is 26.8. The molecule has 0 bridgehead atoms. The predicted octanol–water partition coefficient (Wildman–Crippen LogP) is 1.20. The molecule has 0 radical (unpaired) electrons. The van der Waals surface area contributed by atoms with Crippen molar-refractivity contribution in [1.82, 2.24) is 10.3 Å². The lowest BCUT2D eigenvalue weighted by atomic mass is 10.5. The fourth-order valence-corrected chi connectivity index (χ4v) is 1.74. The lowest BCUT2D eigenvalue weighted by molar-refractivity contribution is -0.124. The fourth-order valence-electron chi connectivity index (χ4n) is 1.05. The Balaban J connectivity index is 2.40. The molecule has 0 fully saturated rings. The van der Waals surface area contributed by atoms with Crippen LogP contribution in [0.2, 0.25) is 0 Å². The summed E-state index contributed by atoms with van der Waals surface area (Å²) < 4.78 is 4.82. The zero-order valence-corrected chi connectivity index (χ0v) is 11.2. The van der Waals surface area contributed by atoms with Crippen LogP contribution in [0.1, 0.15) is 10.5 Å². The quantitative estimate of drug-likeness (QED) is 0.553. The smallest absolute Gasteiger partial charge is 0.358 e. The molecule has 1 aromatic rings. The van der Waals surface area contributed by atoms with Gasteiger partial charge in [0.05, 0.1) is 0 Å². The summed E-state index contributed by atoms with van der Waals surface area (Å²) in [6, 6.07) is 0. The van der Waals surface area contributed by atoms with Gasteiger partial charge in [0.25, 0.3) is 5.91 Å². The van der Waals surface area contributed by atoms with Crippen molar-refractivity contribution in [2.75, 3.05) is 25.0 Å². The summed E-state index contributed by atoms with van der Waals surface area (Å²) >= 11 is 1.28. The largest absolute Gasteiger partial charge is 0.451 e. The number of hydrogen-bond donors (Lipinski definition) is 2. The van der Waals surface area contributed by atoms with Crippen molar-refractivity contribution in [3.8, 4) is 0 Å². The number of esters is 1. The zero-order valence-electron chi connectivity index (χ0n) is 10.3. The highest BCUT2D eigenvalue weighted by molar-refractivity contribution is 7.13. The van der Waals surface area contributed by atoms with Crippen LogP contribution in [0, 0.1) is 0 Å². The van der Waals surface area contributed by atoms with Crippen LogP contribution in [0.4, 0.5) is 5.13 Å². The average Bonchev–Trinajstić information content (AvgIpc) is 2.89. The second-order valence-corrected chi connectivity index (χ2v) is 4.23. The van der Waals surface area contributed by atoms with Crippen molar-refractivity contribution in [2.24, 2.45) is 0 Å². The number of anilines is 1. The first-order valence-electron chi connectivity index (χ1n) is 5.52. The molecule has 0 unspecified atom stereocenters. The summed E-state index contributed by atoms with van der Waals surface area (Å²) in [6.45, 7) is 7.58. The second kappa shape index (κ2) is 8.04. The monoisotopic (exact) mass is 281 g/mol. The van der Waals surface area contributed by atoms with E-state index in [-0.39, 0.29) is 18.2 Å². The van der Waals surface area contributed by atoms with Crippen molar-refractivity contribution in [2.45, 2.75) is 0 Å². The lowest BCUT2D eigenvalue weighted by Gasteiger charge is -2.03. The molecule has 1 aromatic heterocycles. The highest BCUT2D eigenvalue weighted by Crippen LogP contribution is 2.15. The molecule has 0 spiro atoms. The maximum Gasteiger partial charge on any atom is 0.358 e. The number of thiazole rings is 1. The Morgan fingerprint density at radius 1 is 1.37 bits per heavy atom. The van der Waals surface area contributed by atoms with E-state index in [9.17, 15) is 9.59 Å². The minimum atomic E-state index is -0.628. The third kappa shape index (κ3) is 5.35. The van der Waals surface area contributed by atoms with Gasteiger partial charge in [-0.25, -0.2) is 9.78 Å². The molecule has 0 aliphatic heterocycles. The van der Waals surface area contributed by atoms with Crippen LogP contribution in [0.5, 0.6) is 0 Å². The number of ether oxygens (including phenoxy) is 1. The maximum absolute atomic E-state index is 11.6. The molecule has 7 heteroatoms. The van der Waals surface area contributed by atoms with Crippen molar-refractivity contribution in [3.63, 3.8) is 0 Å². The number of nitrogens with zero attached hydrogens (tertiary/aromatic N) is 1. The van der Waals surface area contributed by atoms with Gasteiger partial charge in [0.2, 0.25) is 0 Å². The highest BCUT2D eigenvalue weighted by Gasteiger charge is 2.13. The van der Waals surface area contributed by atoms with Crippen LogP contribution >= 0.6 is 11.3 Å². The second-order valence-electron chi connectivity index (χ2n) is 3.38. The number of nitrogens with one attached hydrogen (secondary N) is 2. The Morgan fingerprint density at radius 2 is 2.11 bits per heavy atom. The molecule has 0 atom stereocenters. The van der Waals surface area contributed by atoms with Crippen molar-refractivity contribution in [1.29, 1.82) is 0 Å². The third-order valence-corrected chi connectivity index (χ3v) is 2.69. The van der Waals surface area contributed by atoms with Gasteiger partial charge < -0.3 is 15.4 Å². The Hall–Kier alpha value is -2.15. The van der Waals surface area contributed by atoms with Crippen LogP contribution in [0.25, 0.3) is 0 Å². The van der Waals surface area contributed by atoms with Gasteiger partial charge in [0.15, 0.2) is 17.4 Å². The average molecular weight is 281 g/mol. The van der Waals surface area contributed by atoms with E-state index >= 15 is 0 Å². The van der Waals surface area contributed by atoms with Gasteiger partial charge in [-0.1, -0.05) is 12.2 Å². The highest BCUT2D eigenvalue weighted by atomic mass is 32.1. The standard InChI is InChI=1S/C12H15N3O3S/c1-3-5-13-10(16)7-18-11(17)9-8-19-12(15-9)14-6-4-2/h3-4,8H,1-2,5-7H2,(H,13,16)(H,14,15). The van der Waals surface area contributed by atoms with Crippen molar-refractivity contribution in [3.05, 3.63) is 36.4 Å². The van der Waals surface area contributed by atoms with E-state index in [0.29, 0.717) is 18.2 Å². The summed E-state index contributed by atoms with van der Waals surface area (Å²) in [5.41, 5.74) is 0.174. The van der Waals surface area contributed by atoms with Gasteiger partial charge in [-0.05, 0) is 0 Å². The zero-order chi connectivity index (χ0) is 14.1. The predicted molar refractivity (Wildman–Crippen MR) is 74.3 cm³/mol. The Kier molecular flexibility index (Phi) is 6.31. The fraction of sp³-hybridized carbons (Fsp3) is 0.250. The summed E-state index contributed by atoms with van der Waals surface area (Å²) in [7, 11) is 0. The van der Waals surface area contributed by atoms with Gasteiger partial charge in [-0.3, -0.25) is 4.79 Å². The molecule has 1 amide bonds. The molecule has 1 rings (SSSR count). The minimum absolute atomic E-state index is 0.174. The molecule has 19 heavy (non-hydrogen) atoms. The van der Waals surface area contributed by atoms with E-state index in [0.717, 1.165) is 0 Å². The van der Waals surface area contributed by atoms with Crippen LogP contribution in [-0.2, 0) is 9.53 Å². The molecule has 1 heterocycles. The molecule has 0 aliphatic carbocycles. The lowest BCUT2D eigenvalue weighted by Crippen LogP contribution is -2.28. The Bertz CT molecular complexity index is 471. The van der Waals surface area contributed by atoms with E-state index in [4.69, 9.17) is 4.74 Å². The van der Waals surface area contributed by atoms with Gasteiger partial charge in [0, 0.05) is 18.5 Å². The van der Waals surface area contributed by atoms with Crippen molar-refractivity contribution >= 4 is 28.3 Å². The van der Waals surface area contributed by atoms with Crippen LogP contribution in [0.15, 0.2) is 30.7 Å². The van der Waals surface area contributed by atoms with E-state index < -0.39 is 5.97 Å². The molecule has 0 aliphatic rings. The van der Waals surface area contributed by atoms with Crippen LogP contribution in [-0.4, -0.2) is 36.6 Å². The van der Waals surface area contributed by atoms with Gasteiger partial charge >= 0.3 is 5.97 Å². The van der Waals surface area contributed by atoms with E-state index in [2.05, 4.69) is 28.8 Å². The van der Waals surface area contributed by atoms with Crippen LogP contribution in [0.3, 0.4) is 0 Å². The Morgan fingerprint density at radius 3 is 2.79 bits per heavy atom. The van der Waals surface area contributed by atoms with Crippen LogP contribution < -0.4 is 10.6 Å². The summed E-state index contributed by atoms with van der Waals surface area (Å²) in [6.07, 6.45) is 3.22. The van der Waals surface area contributed by atoms with Gasteiger partial charge in [-0.2, -0.15) is 0 Å². The first-order chi connectivity index (χ1) is 9.17. The van der Waals surface area contributed by atoms with Crippen molar-refractivity contribution < 1.29 is 14.3 Å². The molecule has 0 saturated carbocycles. The molecule has 0 aromatic carbocycles. The third-order valence-electron chi connectivity index (χ3n) is 1.89. The molecule has 6 nitrogen and oxygen atoms in total. The van der Waals surface area contributed by atoms with E-state index in [1.54, 1.807) is 11.5 Å². The van der Waals surface area contributed by atoms with E-state index in [1.165, 1.54) is 17.4 Å². The number of hydrogen-bond acceptors (Lipinski definition) is 6. The normalized spacial score (nSPS) is 9.47.